The van der Waals surface area contributed by atoms with Crippen LogP contribution in [0.25, 0.3) is 17.2 Å². The molecule has 1 aliphatic carbocycles. The number of fused-ring (bicyclic) bond motifs is 1. The van der Waals surface area contributed by atoms with Gasteiger partial charge in [-0.3, -0.25) is 4.79 Å². The highest BCUT2D eigenvalue weighted by molar-refractivity contribution is 6.05. The van der Waals surface area contributed by atoms with Gasteiger partial charge in [-0.2, -0.15) is 0 Å². The third-order valence-electron chi connectivity index (χ3n) is 12.7. The Morgan fingerprint density at radius 3 is 2.44 bits per heavy atom. The topological polar surface area (TPSA) is 148 Å². The van der Waals surface area contributed by atoms with Crippen molar-refractivity contribution in [1.82, 2.24) is 10.3 Å². The summed E-state index contributed by atoms with van der Waals surface area (Å²) >= 11 is 0. The summed E-state index contributed by atoms with van der Waals surface area (Å²) < 4.78 is 25.9. The highest BCUT2D eigenvalue weighted by atomic mass is 16.5. The van der Waals surface area contributed by atoms with Crippen molar-refractivity contribution in [2.24, 2.45) is 0 Å². The first-order valence-corrected chi connectivity index (χ1v) is 22.5. The molecule has 1 unspecified atom stereocenters. The van der Waals surface area contributed by atoms with Crippen molar-refractivity contribution in [3.05, 3.63) is 125 Å². The summed E-state index contributed by atoms with van der Waals surface area (Å²) in [5.41, 5.74) is 7.51. The molecule has 1 saturated heterocycles. The zero-order chi connectivity index (χ0) is 43.8. The number of anilines is 1. The Bertz CT molecular complexity index is 2350. The van der Waals surface area contributed by atoms with E-state index >= 15 is 0 Å². The van der Waals surface area contributed by atoms with E-state index in [-0.39, 0.29) is 55.4 Å². The van der Waals surface area contributed by atoms with Gasteiger partial charge in [-0.1, -0.05) is 116 Å². The number of ether oxygens (including phenoxy) is 4. The smallest absolute Gasteiger partial charge is 0.335 e. The molecule has 4 aromatic carbocycles. The number of nitrogens with one attached hydrogen (secondary N) is 1. The second-order valence-electron chi connectivity index (χ2n) is 17.2. The van der Waals surface area contributed by atoms with Crippen molar-refractivity contribution in [1.29, 1.82) is 0 Å². The number of aryl methyl sites for hydroxylation is 1. The van der Waals surface area contributed by atoms with E-state index < -0.39 is 12.2 Å². The zero-order valence-corrected chi connectivity index (χ0v) is 36.5. The Balaban J connectivity index is 1.14. The SMILES string of the molecule is COc1c(OCCCO)c(CCc2cccc(-c3cc(C4(C)CCCC4)[n-]c3N3CCNCC3)c2)c2c(c1OCC[C@@H](O)/C=C/c1ccccc1)C(=[OH+])CC(c1ccc(O)cc1)O2. The summed E-state index contributed by atoms with van der Waals surface area (Å²) in [7, 11) is 1.54. The molecular weight excluding hydrogens is 795 g/mol. The Labute approximate surface area is 370 Å². The number of ketones is 1. The second-order valence-corrected chi connectivity index (χ2v) is 17.2. The number of aliphatic hydroxyl groups is 2. The largest absolute Gasteiger partial charge is 0.508 e. The van der Waals surface area contributed by atoms with Crippen LogP contribution < -0.4 is 34.1 Å². The number of aromatic hydroxyl groups is 1. The van der Waals surface area contributed by atoms with Crippen LogP contribution in [0.2, 0.25) is 0 Å². The van der Waals surface area contributed by atoms with Crippen LogP contribution in [0.5, 0.6) is 28.7 Å². The van der Waals surface area contributed by atoms with Gasteiger partial charge in [-0.25, -0.2) is 0 Å². The summed E-state index contributed by atoms with van der Waals surface area (Å²) in [5, 5.41) is 34.2. The molecule has 11 heteroatoms. The summed E-state index contributed by atoms with van der Waals surface area (Å²) in [6, 6.07) is 27.6. The minimum atomic E-state index is -0.787. The molecule has 5 aromatic rings. The number of hydrogen-bond donors (Lipinski definition) is 4. The highest BCUT2D eigenvalue weighted by Crippen LogP contribution is 2.53. The van der Waals surface area contributed by atoms with Crippen molar-refractivity contribution in [2.75, 3.05) is 58.0 Å². The lowest BCUT2D eigenvalue weighted by Gasteiger charge is -2.38. The fourth-order valence-corrected chi connectivity index (χ4v) is 9.17. The van der Waals surface area contributed by atoms with Crippen LogP contribution in [0, 0.1) is 0 Å². The maximum atomic E-state index is 12.0. The van der Waals surface area contributed by atoms with E-state index in [1.165, 1.54) is 18.5 Å². The number of phenols is 1. The summed E-state index contributed by atoms with van der Waals surface area (Å²) in [4.78, 5) is 19.8. The molecule has 1 saturated carbocycles. The maximum absolute atomic E-state index is 12.0. The van der Waals surface area contributed by atoms with Crippen molar-refractivity contribution in [3.63, 3.8) is 0 Å². The number of rotatable bonds is 18. The van der Waals surface area contributed by atoms with Crippen LogP contribution in [0.4, 0.5) is 5.82 Å². The number of aromatic nitrogens is 1. The van der Waals surface area contributed by atoms with E-state index in [0.717, 1.165) is 72.7 Å². The van der Waals surface area contributed by atoms with Crippen LogP contribution in [-0.4, -0.2) is 85.1 Å². The van der Waals surface area contributed by atoms with Crippen molar-refractivity contribution in [2.45, 2.75) is 82.3 Å². The summed E-state index contributed by atoms with van der Waals surface area (Å²) in [6.07, 6.45) is 8.89. The number of benzene rings is 4. The number of piperazine rings is 1. The van der Waals surface area contributed by atoms with E-state index in [9.17, 15) is 20.1 Å². The van der Waals surface area contributed by atoms with Gasteiger partial charge >= 0.3 is 5.78 Å². The first kappa shape index (κ1) is 43.9. The van der Waals surface area contributed by atoms with Crippen LogP contribution in [0.3, 0.4) is 0 Å². The number of phenolic OH excluding ortho intramolecular Hbond substituents is 1. The molecule has 3 heterocycles. The van der Waals surface area contributed by atoms with Gasteiger partial charge in [0.25, 0.3) is 0 Å². The molecule has 5 N–H and O–H groups in total. The maximum Gasteiger partial charge on any atom is 0.335 e. The number of aliphatic hydroxyl groups excluding tert-OH is 2. The molecule has 2 fully saturated rings. The van der Waals surface area contributed by atoms with Gasteiger partial charge < -0.3 is 49.5 Å². The van der Waals surface area contributed by atoms with Crippen molar-refractivity contribution < 1.29 is 39.1 Å². The molecule has 0 amide bonds. The third-order valence-corrected chi connectivity index (χ3v) is 12.7. The Morgan fingerprint density at radius 2 is 1.70 bits per heavy atom. The molecule has 2 aliphatic heterocycles. The molecule has 1 aromatic heterocycles. The number of carbonyl (C=O) groups excluding carboxylic acids is 1. The molecule has 11 nitrogen and oxygen atoms in total. The third kappa shape index (κ3) is 10.1. The molecular formula is C52H61N3O8. The van der Waals surface area contributed by atoms with E-state index in [0.29, 0.717) is 47.6 Å². The second kappa shape index (κ2) is 20.2. The van der Waals surface area contributed by atoms with Gasteiger partial charge in [0, 0.05) is 25.0 Å². The lowest BCUT2D eigenvalue weighted by molar-refractivity contribution is 0.170. The van der Waals surface area contributed by atoms with Gasteiger partial charge in [0.2, 0.25) is 5.75 Å². The number of methoxy groups -OCH3 is 1. The van der Waals surface area contributed by atoms with E-state index in [1.807, 2.05) is 36.4 Å². The lowest BCUT2D eigenvalue weighted by Crippen LogP contribution is -2.44. The first-order valence-electron chi connectivity index (χ1n) is 22.5. The number of hydrogen-bond acceptors (Lipinski definition) is 9. The van der Waals surface area contributed by atoms with Gasteiger partial charge in [0.05, 0.1) is 26.4 Å². The monoisotopic (exact) mass is 855 g/mol. The fourth-order valence-electron chi connectivity index (χ4n) is 9.17. The zero-order valence-electron chi connectivity index (χ0n) is 36.5. The van der Waals surface area contributed by atoms with Crippen LogP contribution in [-0.2, 0) is 18.3 Å². The van der Waals surface area contributed by atoms with Crippen LogP contribution in [0.1, 0.15) is 91.5 Å². The van der Waals surface area contributed by atoms with Gasteiger partial charge in [-0.15, -0.1) is 0 Å². The van der Waals surface area contributed by atoms with Gasteiger partial charge in [0.15, 0.2) is 17.1 Å². The molecule has 8 rings (SSSR count). The fraction of sp³-hybridized carbons (Fsp3) is 0.404. The molecule has 2 atom stereocenters. The first-order chi connectivity index (χ1) is 30.7. The minimum Gasteiger partial charge on any atom is -0.508 e. The molecule has 0 bridgehead atoms. The highest BCUT2D eigenvalue weighted by Gasteiger charge is 2.41. The van der Waals surface area contributed by atoms with Gasteiger partial charge in [-0.05, 0) is 97.2 Å². The quantitative estimate of drug-likeness (QED) is 0.0504. The van der Waals surface area contributed by atoms with Crippen LogP contribution >= 0.6 is 0 Å². The lowest BCUT2D eigenvalue weighted by atomic mass is 9.85. The summed E-state index contributed by atoms with van der Waals surface area (Å²) in [5.74, 6) is 2.65. The predicted octanol–water partition coefficient (Wildman–Crippen LogP) is 8.07. The average Bonchev–Trinajstić information content (AvgIpc) is 3.97. The summed E-state index contributed by atoms with van der Waals surface area (Å²) in [6.45, 7) is 6.29. The minimum absolute atomic E-state index is 0.0610. The Morgan fingerprint density at radius 1 is 0.937 bits per heavy atom. The standard InChI is InChI=1S/C52H60N3O8/c1-52(23-6-7-24-52)45-33-42(51(54-45)55-27-25-53-26-28-55)38-13-8-12-36(32-38)15-21-41-47-46(43(59)34-44(63-47)37-16-19-39(57)20-17-37)49(50(60-2)48(41)61-30-9-29-56)62-31-22-40(58)18-14-35-10-4-3-5-11-35/h3-5,8,10-14,16-20,32-33,40,44,53,56-58H,6-7,9,15,21-31,34H2,1-2H3/q-1/p+1/b18-14+/t40-,44?/m0/s1. The Kier molecular flexibility index (Phi) is 14.1. The van der Waals surface area contributed by atoms with Crippen molar-refractivity contribution in [3.8, 4) is 39.9 Å². The number of nitrogens with zero attached hydrogens (tertiary/aromatic N) is 2. The Hall–Kier alpha value is -5.75. The normalized spacial score (nSPS) is 17.7. The molecule has 0 radical (unpaired) electrons. The molecule has 0 spiro atoms. The van der Waals surface area contributed by atoms with Crippen LogP contribution in [0.15, 0.2) is 91.0 Å². The molecule has 3 aliphatic rings. The predicted molar refractivity (Wildman–Crippen MR) is 247 cm³/mol. The van der Waals surface area contributed by atoms with Gasteiger partial charge in [0.1, 0.15) is 24.0 Å². The molecule has 332 valence electrons. The van der Waals surface area contributed by atoms with E-state index in [4.69, 9.17) is 23.9 Å². The van der Waals surface area contributed by atoms with Crippen molar-refractivity contribution >= 4 is 17.7 Å². The average molecular weight is 856 g/mol. The van der Waals surface area contributed by atoms with E-state index in [2.05, 4.69) is 47.5 Å². The van der Waals surface area contributed by atoms with E-state index in [1.54, 1.807) is 37.5 Å². The molecule has 63 heavy (non-hydrogen) atoms.